The number of ether oxygens (including phenoxy) is 7. The van der Waals surface area contributed by atoms with E-state index in [0.29, 0.717) is 0 Å². The lowest BCUT2D eigenvalue weighted by Crippen LogP contribution is -2.60. The second kappa shape index (κ2) is 12.4. The van der Waals surface area contributed by atoms with Gasteiger partial charge in [-0.3, -0.25) is 9.59 Å². The van der Waals surface area contributed by atoms with E-state index < -0.39 is 114 Å². The first-order valence-electron chi connectivity index (χ1n) is 15.8. The van der Waals surface area contributed by atoms with Crippen molar-refractivity contribution in [3.63, 3.8) is 0 Å². The van der Waals surface area contributed by atoms with Crippen LogP contribution in [0.1, 0.15) is 81.1 Å². The van der Waals surface area contributed by atoms with Gasteiger partial charge in [0.2, 0.25) is 5.79 Å². The number of halogens is 5. The van der Waals surface area contributed by atoms with Crippen LogP contribution in [0.15, 0.2) is 12.2 Å². The summed E-state index contributed by atoms with van der Waals surface area (Å²) in [4.78, 5) is 38.9. The monoisotopic (exact) mass is 716 g/mol. The predicted octanol–water partition coefficient (Wildman–Crippen LogP) is 3.88. The fourth-order valence-electron chi connectivity index (χ4n) is 7.01. The molecule has 4 rings (SSSR count). The Morgan fingerprint density at radius 1 is 1.02 bits per heavy atom. The molecule has 9 atom stereocenters. The van der Waals surface area contributed by atoms with Crippen LogP contribution in [0.3, 0.4) is 0 Å². The highest BCUT2D eigenvalue weighted by Gasteiger charge is 2.71. The van der Waals surface area contributed by atoms with Gasteiger partial charge in [0.05, 0.1) is 36.3 Å². The molecule has 0 radical (unpaired) electrons. The molecule has 17 heteroatoms. The van der Waals surface area contributed by atoms with Gasteiger partial charge in [-0.25, -0.2) is 4.79 Å². The maximum Gasteiger partial charge on any atom is 0.443 e. The lowest BCUT2D eigenvalue weighted by molar-refractivity contribution is -0.349. The number of fused-ring (bicyclic) bond motifs is 2. The maximum absolute atomic E-state index is 15.4. The Labute approximate surface area is 280 Å². The molecule has 12 nitrogen and oxygen atoms in total. The molecule has 0 aromatic carbocycles. The highest BCUT2D eigenvalue weighted by atomic mass is 19.4. The van der Waals surface area contributed by atoms with Gasteiger partial charge in [-0.05, 0) is 55.4 Å². The normalized spacial score (nSPS) is 38.2. The largest absolute Gasteiger partial charge is 0.459 e. The van der Waals surface area contributed by atoms with Gasteiger partial charge in [0, 0.05) is 31.3 Å². The van der Waals surface area contributed by atoms with Crippen LogP contribution in [0.5, 0.6) is 0 Å². The fourth-order valence-corrected chi connectivity index (χ4v) is 7.01. The van der Waals surface area contributed by atoms with Crippen molar-refractivity contribution in [2.45, 2.75) is 145 Å². The minimum Gasteiger partial charge on any atom is -0.459 e. The van der Waals surface area contributed by atoms with E-state index >= 15 is 8.78 Å². The van der Waals surface area contributed by atoms with Crippen molar-refractivity contribution < 1.29 is 79.7 Å². The van der Waals surface area contributed by atoms with Gasteiger partial charge in [0.25, 0.3) is 5.79 Å². The molecule has 0 aromatic heterocycles. The smallest absolute Gasteiger partial charge is 0.443 e. The van der Waals surface area contributed by atoms with Gasteiger partial charge in [-0.15, -0.1) is 0 Å². The van der Waals surface area contributed by atoms with E-state index in [4.69, 9.17) is 33.2 Å². The summed E-state index contributed by atoms with van der Waals surface area (Å²) in [6.45, 7) is 12.1. The Kier molecular flexibility index (Phi) is 9.92. The second-order valence-corrected chi connectivity index (χ2v) is 15.4. The van der Waals surface area contributed by atoms with E-state index in [9.17, 15) is 37.8 Å². The number of esters is 3. The Balaban J connectivity index is 1.63. The Bertz CT molecular complexity index is 1350. The standard InChI is InChI=1S/C32H45F5O12/c1-16(2)22(38)45-19-11-18(17-10-20(19)46-23(17)39)24(40)47-21(26(5,6)49-28(8)15-43-29(9,41)31(28,33)34)12-25(3,4)48-27(7)13-30(42,44-14-27)32(35,36)37/h17-21,41-42H,1,10-15H2,2-9H3. The van der Waals surface area contributed by atoms with Crippen molar-refractivity contribution in [2.24, 2.45) is 11.8 Å². The molecule has 49 heavy (non-hydrogen) atoms. The highest BCUT2D eigenvalue weighted by molar-refractivity contribution is 5.88. The third-order valence-corrected chi connectivity index (χ3v) is 9.62. The van der Waals surface area contributed by atoms with Crippen LogP contribution in [-0.2, 0) is 47.5 Å². The summed E-state index contributed by atoms with van der Waals surface area (Å²) < 4.78 is 110. The lowest BCUT2D eigenvalue weighted by atomic mass is 9.78. The van der Waals surface area contributed by atoms with Gasteiger partial charge in [-0.1, -0.05) is 6.58 Å². The molecule has 2 bridgehead atoms. The van der Waals surface area contributed by atoms with Crippen LogP contribution in [0.4, 0.5) is 22.0 Å². The van der Waals surface area contributed by atoms with Crippen molar-refractivity contribution >= 4 is 17.9 Å². The van der Waals surface area contributed by atoms with Crippen LogP contribution in [0, 0.1) is 11.8 Å². The predicted molar refractivity (Wildman–Crippen MR) is 156 cm³/mol. The number of aliphatic hydroxyl groups is 2. The molecule has 1 saturated carbocycles. The molecule has 4 fully saturated rings. The maximum atomic E-state index is 15.4. The van der Waals surface area contributed by atoms with Crippen molar-refractivity contribution in [2.75, 3.05) is 13.2 Å². The third kappa shape index (κ3) is 7.47. The van der Waals surface area contributed by atoms with Crippen LogP contribution in [-0.4, -0.2) is 106 Å². The summed E-state index contributed by atoms with van der Waals surface area (Å²) in [5.74, 6) is -15.0. The zero-order chi connectivity index (χ0) is 37.4. The van der Waals surface area contributed by atoms with E-state index in [-0.39, 0.29) is 24.8 Å². The van der Waals surface area contributed by atoms with Crippen molar-refractivity contribution in [3.8, 4) is 0 Å². The average molecular weight is 717 g/mol. The molecule has 2 N–H and O–H groups in total. The Morgan fingerprint density at radius 2 is 1.63 bits per heavy atom. The number of carbonyl (C=O) groups is 3. The van der Waals surface area contributed by atoms with Crippen molar-refractivity contribution in [1.82, 2.24) is 0 Å². The summed E-state index contributed by atoms with van der Waals surface area (Å²) in [5.41, 5.74) is -7.42. The first kappa shape index (κ1) is 39.3. The van der Waals surface area contributed by atoms with Crippen LogP contribution in [0.2, 0.25) is 0 Å². The zero-order valence-electron chi connectivity index (χ0n) is 28.7. The molecule has 3 aliphatic heterocycles. The van der Waals surface area contributed by atoms with E-state index in [1.807, 2.05) is 0 Å². The van der Waals surface area contributed by atoms with Gasteiger partial charge in [-0.2, -0.15) is 22.0 Å². The summed E-state index contributed by atoms with van der Waals surface area (Å²) in [7, 11) is 0. The molecule has 9 unspecified atom stereocenters. The molecule has 4 aliphatic rings. The number of hydrogen-bond donors (Lipinski definition) is 2. The molecule has 0 aromatic rings. The first-order valence-corrected chi connectivity index (χ1v) is 15.8. The number of alkyl halides is 5. The fraction of sp³-hybridized carbons (Fsp3) is 0.844. The summed E-state index contributed by atoms with van der Waals surface area (Å²) in [6.07, 6.45) is -9.96. The van der Waals surface area contributed by atoms with E-state index in [1.165, 1.54) is 41.5 Å². The molecule has 1 aliphatic carbocycles. The van der Waals surface area contributed by atoms with Crippen molar-refractivity contribution in [1.29, 1.82) is 0 Å². The van der Waals surface area contributed by atoms with Gasteiger partial charge in [0.1, 0.15) is 23.9 Å². The minimum atomic E-state index is -5.13. The molecular weight excluding hydrogens is 671 g/mol. The van der Waals surface area contributed by atoms with Gasteiger partial charge >= 0.3 is 30.0 Å². The Morgan fingerprint density at radius 3 is 2.14 bits per heavy atom. The van der Waals surface area contributed by atoms with Gasteiger partial charge < -0.3 is 43.4 Å². The summed E-state index contributed by atoms with van der Waals surface area (Å²) in [6, 6.07) is 0. The molecule has 3 heterocycles. The quantitative estimate of drug-likeness (QED) is 0.138. The topological polar surface area (TPSA) is 156 Å². The lowest BCUT2D eigenvalue weighted by Gasteiger charge is -2.45. The average Bonchev–Trinajstić information content (AvgIpc) is 3.48. The highest BCUT2D eigenvalue weighted by Crippen LogP contribution is 2.51. The number of carbonyl (C=O) groups excluding carboxylic acids is 3. The van der Waals surface area contributed by atoms with Crippen LogP contribution >= 0.6 is 0 Å². The van der Waals surface area contributed by atoms with E-state index in [1.54, 1.807) is 0 Å². The molecule has 3 saturated heterocycles. The summed E-state index contributed by atoms with van der Waals surface area (Å²) >= 11 is 0. The molecular formula is C32H45F5O12. The van der Waals surface area contributed by atoms with Gasteiger partial charge in [0.15, 0.2) is 5.60 Å². The Hall–Kier alpha value is -2.44. The number of rotatable bonds is 11. The third-order valence-electron chi connectivity index (χ3n) is 9.62. The zero-order valence-corrected chi connectivity index (χ0v) is 28.7. The van der Waals surface area contributed by atoms with E-state index in [2.05, 4.69) is 6.58 Å². The first-order chi connectivity index (χ1) is 22.0. The van der Waals surface area contributed by atoms with E-state index in [0.717, 1.165) is 13.8 Å². The SMILES string of the molecule is C=C(C)C(=O)OC1CC(C(=O)OC(CC(C)(C)OC2(C)COC(O)(C(F)(F)F)C2)C(C)(C)OC2(C)COC(C)(O)C2(F)F)C2CC1OC2=O. The molecule has 280 valence electrons. The van der Waals surface area contributed by atoms with Crippen LogP contribution in [0.25, 0.3) is 0 Å². The van der Waals surface area contributed by atoms with Crippen LogP contribution < -0.4 is 0 Å². The second-order valence-electron chi connectivity index (χ2n) is 15.4. The molecule has 0 amide bonds. The summed E-state index contributed by atoms with van der Waals surface area (Å²) in [5, 5.41) is 20.3. The minimum absolute atomic E-state index is 0.0308. The van der Waals surface area contributed by atoms with Crippen molar-refractivity contribution in [3.05, 3.63) is 12.2 Å². The number of hydrogen-bond acceptors (Lipinski definition) is 12. The molecule has 0 spiro atoms.